The molecular weight excluding hydrogens is 244 g/mol. The number of carbonyl (C=O) groups excluding carboxylic acids is 1. The zero-order valence-corrected chi connectivity index (χ0v) is 12.4. The highest BCUT2D eigenvalue weighted by atomic mass is 16.5. The maximum atomic E-state index is 12.0. The van der Waals surface area contributed by atoms with Gasteiger partial charge >= 0.3 is 0 Å². The van der Waals surface area contributed by atoms with E-state index in [4.69, 9.17) is 4.52 Å². The van der Waals surface area contributed by atoms with E-state index >= 15 is 0 Å². The van der Waals surface area contributed by atoms with Gasteiger partial charge in [0.25, 0.3) is 5.91 Å². The van der Waals surface area contributed by atoms with E-state index in [1.807, 2.05) is 34.6 Å². The smallest absolute Gasteiger partial charge is 0.273 e. The molecular formula is C14H24N2O3. The lowest BCUT2D eigenvalue weighted by atomic mass is 9.93. The number of rotatable bonds is 5. The molecule has 0 aliphatic heterocycles. The van der Waals surface area contributed by atoms with Crippen molar-refractivity contribution >= 4 is 5.91 Å². The van der Waals surface area contributed by atoms with E-state index in [-0.39, 0.29) is 29.7 Å². The normalized spacial score (nSPS) is 13.6. The van der Waals surface area contributed by atoms with Gasteiger partial charge in [0.15, 0.2) is 5.69 Å². The van der Waals surface area contributed by atoms with E-state index in [9.17, 15) is 9.90 Å². The number of aliphatic hydroxyl groups excluding tert-OH is 1. The summed E-state index contributed by atoms with van der Waals surface area (Å²) in [5.41, 5.74) is 0.0759. The van der Waals surface area contributed by atoms with Crippen molar-refractivity contribution in [1.29, 1.82) is 0 Å². The summed E-state index contributed by atoms with van der Waals surface area (Å²) in [6, 6.07) is 1.40. The first-order valence-electron chi connectivity index (χ1n) is 6.63. The minimum absolute atomic E-state index is 0.0755. The molecule has 0 radical (unpaired) electrons. The first kappa shape index (κ1) is 15.7. The van der Waals surface area contributed by atoms with Crippen LogP contribution in [0, 0.1) is 5.92 Å². The van der Waals surface area contributed by atoms with Crippen LogP contribution < -0.4 is 5.32 Å². The van der Waals surface area contributed by atoms with Crippen molar-refractivity contribution in [2.45, 2.75) is 52.5 Å². The van der Waals surface area contributed by atoms with Crippen LogP contribution in [0.1, 0.15) is 57.3 Å². The Balaban J connectivity index is 2.70. The first-order chi connectivity index (χ1) is 8.74. The number of amides is 1. The third-order valence-electron chi connectivity index (χ3n) is 2.79. The molecule has 1 heterocycles. The predicted molar refractivity (Wildman–Crippen MR) is 73.0 cm³/mol. The number of nitrogens with zero attached hydrogens (tertiary/aromatic N) is 1. The summed E-state index contributed by atoms with van der Waals surface area (Å²) >= 11 is 0. The average Bonchev–Trinajstić information content (AvgIpc) is 2.76. The van der Waals surface area contributed by atoms with Gasteiger partial charge < -0.3 is 14.9 Å². The molecule has 0 bridgehead atoms. The highest BCUT2D eigenvalue weighted by Crippen LogP contribution is 2.22. The summed E-state index contributed by atoms with van der Waals surface area (Å²) in [6.07, 6.45) is 0.728. The van der Waals surface area contributed by atoms with E-state index in [1.54, 1.807) is 6.07 Å². The topological polar surface area (TPSA) is 75.4 Å². The second kappa shape index (κ2) is 6.19. The van der Waals surface area contributed by atoms with E-state index in [2.05, 4.69) is 10.5 Å². The lowest BCUT2D eigenvalue weighted by Crippen LogP contribution is -2.38. The van der Waals surface area contributed by atoms with Gasteiger partial charge in [-0.1, -0.05) is 39.8 Å². The standard InChI is InChI=1S/C14H24N2O3/c1-9(2)6-10(8-17)15-13(18)11-7-12(19-16-11)14(3,4)5/h7,9-10,17H,6,8H2,1-5H3,(H,15,18). The molecule has 0 aliphatic rings. The molecule has 5 nitrogen and oxygen atoms in total. The van der Waals surface area contributed by atoms with Crippen molar-refractivity contribution in [2.24, 2.45) is 5.92 Å². The molecule has 0 aromatic carbocycles. The van der Waals surface area contributed by atoms with Crippen LogP contribution in [-0.4, -0.2) is 28.8 Å². The Kier molecular flexibility index (Phi) is 5.11. The van der Waals surface area contributed by atoms with Gasteiger partial charge in [-0.25, -0.2) is 0 Å². The summed E-state index contributed by atoms with van der Waals surface area (Å²) in [4.78, 5) is 12.0. The van der Waals surface area contributed by atoms with Crippen molar-refractivity contribution in [3.8, 4) is 0 Å². The van der Waals surface area contributed by atoms with Gasteiger partial charge in [-0.05, 0) is 12.3 Å². The van der Waals surface area contributed by atoms with Crippen LogP contribution >= 0.6 is 0 Å². The number of hydrogen-bond donors (Lipinski definition) is 2. The summed E-state index contributed by atoms with van der Waals surface area (Å²) in [6.45, 7) is 9.98. The Morgan fingerprint density at radius 3 is 2.53 bits per heavy atom. The van der Waals surface area contributed by atoms with Crippen molar-refractivity contribution in [3.63, 3.8) is 0 Å². The van der Waals surface area contributed by atoms with E-state index in [0.717, 1.165) is 6.42 Å². The van der Waals surface area contributed by atoms with Crippen molar-refractivity contribution < 1.29 is 14.4 Å². The average molecular weight is 268 g/mol. The van der Waals surface area contributed by atoms with Gasteiger partial charge in [0.1, 0.15) is 5.76 Å². The zero-order chi connectivity index (χ0) is 14.6. The van der Waals surface area contributed by atoms with Crippen LogP contribution in [0.4, 0.5) is 0 Å². The summed E-state index contributed by atoms with van der Waals surface area (Å²) in [7, 11) is 0. The minimum atomic E-state index is -0.307. The highest BCUT2D eigenvalue weighted by Gasteiger charge is 2.23. The molecule has 1 atom stereocenters. The second-order valence-corrected chi connectivity index (χ2v) is 6.31. The lowest BCUT2D eigenvalue weighted by Gasteiger charge is -2.17. The number of aromatic nitrogens is 1. The number of aliphatic hydroxyl groups is 1. The minimum Gasteiger partial charge on any atom is -0.394 e. The van der Waals surface area contributed by atoms with E-state index < -0.39 is 0 Å². The number of hydrogen-bond acceptors (Lipinski definition) is 4. The molecule has 2 N–H and O–H groups in total. The van der Waals surface area contributed by atoms with Crippen LogP contribution in [0.15, 0.2) is 10.6 Å². The molecule has 1 unspecified atom stereocenters. The molecule has 1 rings (SSSR count). The second-order valence-electron chi connectivity index (χ2n) is 6.31. The molecule has 0 fully saturated rings. The SMILES string of the molecule is CC(C)CC(CO)NC(=O)c1cc(C(C)(C)C)on1. The first-order valence-corrected chi connectivity index (χ1v) is 6.63. The maximum Gasteiger partial charge on any atom is 0.273 e. The third kappa shape index (κ3) is 4.67. The van der Waals surface area contributed by atoms with Gasteiger partial charge in [-0.2, -0.15) is 0 Å². The fourth-order valence-corrected chi connectivity index (χ4v) is 1.74. The van der Waals surface area contributed by atoms with Gasteiger partial charge in [-0.3, -0.25) is 4.79 Å². The monoisotopic (exact) mass is 268 g/mol. The van der Waals surface area contributed by atoms with Crippen LogP contribution in [0.3, 0.4) is 0 Å². The summed E-state index contributed by atoms with van der Waals surface area (Å²) < 4.78 is 5.17. The van der Waals surface area contributed by atoms with Crippen LogP contribution in [0.5, 0.6) is 0 Å². The van der Waals surface area contributed by atoms with Crippen molar-refractivity contribution in [2.75, 3.05) is 6.61 Å². The van der Waals surface area contributed by atoms with Crippen molar-refractivity contribution in [1.82, 2.24) is 10.5 Å². The fraction of sp³-hybridized carbons (Fsp3) is 0.714. The number of nitrogens with one attached hydrogen (secondary N) is 1. The largest absolute Gasteiger partial charge is 0.394 e. The van der Waals surface area contributed by atoms with E-state index in [1.165, 1.54) is 0 Å². The van der Waals surface area contributed by atoms with Gasteiger partial charge in [0.2, 0.25) is 0 Å². The van der Waals surface area contributed by atoms with Crippen LogP contribution in [0.2, 0.25) is 0 Å². The summed E-state index contributed by atoms with van der Waals surface area (Å²) in [5, 5.41) is 15.8. The van der Waals surface area contributed by atoms with Crippen molar-refractivity contribution in [3.05, 3.63) is 17.5 Å². The highest BCUT2D eigenvalue weighted by molar-refractivity contribution is 5.92. The van der Waals surface area contributed by atoms with Gasteiger partial charge in [0.05, 0.1) is 12.6 Å². The molecule has 0 saturated carbocycles. The fourth-order valence-electron chi connectivity index (χ4n) is 1.74. The summed E-state index contributed by atoms with van der Waals surface area (Å²) in [5.74, 6) is 0.765. The maximum absolute atomic E-state index is 12.0. The molecule has 0 spiro atoms. The Morgan fingerprint density at radius 1 is 1.47 bits per heavy atom. The molecule has 19 heavy (non-hydrogen) atoms. The molecule has 1 aromatic rings. The zero-order valence-electron chi connectivity index (χ0n) is 12.4. The Hall–Kier alpha value is -1.36. The predicted octanol–water partition coefficient (Wildman–Crippen LogP) is 2.11. The molecule has 108 valence electrons. The molecule has 5 heteroatoms. The Bertz CT molecular complexity index is 419. The molecule has 0 aliphatic carbocycles. The Labute approximate surface area is 114 Å². The molecule has 0 saturated heterocycles. The molecule has 1 aromatic heterocycles. The van der Waals surface area contributed by atoms with Crippen LogP contribution in [0.25, 0.3) is 0 Å². The number of carbonyl (C=O) groups is 1. The van der Waals surface area contributed by atoms with Gasteiger partial charge in [0, 0.05) is 11.5 Å². The van der Waals surface area contributed by atoms with Crippen LogP contribution in [-0.2, 0) is 5.41 Å². The van der Waals surface area contributed by atoms with E-state index in [0.29, 0.717) is 11.7 Å². The Morgan fingerprint density at radius 2 is 2.11 bits per heavy atom. The quantitative estimate of drug-likeness (QED) is 0.857. The van der Waals surface area contributed by atoms with Gasteiger partial charge in [-0.15, -0.1) is 0 Å². The third-order valence-corrected chi connectivity index (χ3v) is 2.79. The lowest BCUT2D eigenvalue weighted by molar-refractivity contribution is 0.0899. The molecule has 1 amide bonds.